The van der Waals surface area contributed by atoms with Crippen LogP contribution in [0.2, 0.25) is 0 Å². The lowest BCUT2D eigenvalue weighted by atomic mass is 9.96. The number of thiocarbonyl (C=S) groups is 1. The van der Waals surface area contributed by atoms with E-state index in [-0.39, 0.29) is 41.3 Å². The number of hydrogen-bond donors (Lipinski definition) is 0. The highest BCUT2D eigenvalue weighted by atomic mass is 32.2. The van der Waals surface area contributed by atoms with Gasteiger partial charge in [0.1, 0.15) is 21.6 Å². The van der Waals surface area contributed by atoms with Crippen LogP contribution in [0, 0.1) is 18.7 Å². The highest BCUT2D eigenvalue weighted by Gasteiger charge is 2.34. The largest absolute Gasteiger partial charge is 0.466 e. The van der Waals surface area contributed by atoms with E-state index >= 15 is 0 Å². The zero-order valence-corrected chi connectivity index (χ0v) is 23.2. The number of aromatic nitrogens is 2. The molecule has 2 aromatic heterocycles. The fourth-order valence-electron chi connectivity index (χ4n) is 4.79. The van der Waals surface area contributed by atoms with E-state index in [1.54, 1.807) is 37.4 Å². The third kappa shape index (κ3) is 5.46. The maximum atomic E-state index is 13.8. The quantitative estimate of drug-likeness (QED) is 0.248. The summed E-state index contributed by atoms with van der Waals surface area (Å²) in [6.07, 6.45) is 4.38. The van der Waals surface area contributed by atoms with Gasteiger partial charge in [-0.15, -0.1) is 0 Å². The molecule has 2 aliphatic rings. The van der Waals surface area contributed by atoms with Gasteiger partial charge < -0.3 is 9.64 Å². The molecule has 1 amide bonds. The molecule has 2 saturated heterocycles. The van der Waals surface area contributed by atoms with Gasteiger partial charge in [-0.3, -0.25) is 23.7 Å². The minimum atomic E-state index is -0.359. The van der Waals surface area contributed by atoms with Gasteiger partial charge in [-0.25, -0.2) is 9.37 Å². The standard InChI is InChI=1S/C28H27FN4O4S2/c1-3-37-27(36)19-10-13-31(14-11-19)24-21(25(34)32-12-4-5-17(2)23(32)30-24)15-22-26(35)33(28(38)39-22)16-18-6-8-20(29)9-7-18/h4-9,12,15,19H,3,10-11,13-14,16H2,1-2H3/b22-15-. The molecular weight excluding hydrogens is 539 g/mol. The van der Waals surface area contributed by atoms with Crippen molar-refractivity contribution < 1.29 is 18.7 Å². The molecule has 0 atom stereocenters. The van der Waals surface area contributed by atoms with Crippen molar-refractivity contribution in [1.29, 1.82) is 0 Å². The summed E-state index contributed by atoms with van der Waals surface area (Å²) in [7, 11) is 0. The summed E-state index contributed by atoms with van der Waals surface area (Å²) in [6, 6.07) is 9.56. The summed E-state index contributed by atoms with van der Waals surface area (Å²) in [5.41, 5.74) is 2.10. The molecule has 0 bridgehead atoms. The SMILES string of the molecule is CCOC(=O)C1CCN(c2nc3c(C)cccn3c(=O)c2/C=C2\SC(=S)N(Cc3ccc(F)cc3)C2=O)CC1. The number of ether oxygens (including phenoxy) is 1. The van der Waals surface area contributed by atoms with E-state index in [1.165, 1.54) is 21.4 Å². The molecule has 4 heterocycles. The number of halogens is 1. The zero-order chi connectivity index (χ0) is 27.7. The second kappa shape index (κ2) is 11.3. The van der Waals surface area contributed by atoms with Crippen LogP contribution in [-0.2, 0) is 20.9 Å². The first kappa shape index (κ1) is 27.0. The summed E-state index contributed by atoms with van der Waals surface area (Å²) in [5, 5.41) is 0. The van der Waals surface area contributed by atoms with Crippen LogP contribution in [0.15, 0.2) is 52.3 Å². The third-order valence-electron chi connectivity index (χ3n) is 6.88. The van der Waals surface area contributed by atoms with E-state index in [1.807, 2.05) is 17.9 Å². The fraction of sp³-hybridized carbons (Fsp3) is 0.321. The van der Waals surface area contributed by atoms with Crippen molar-refractivity contribution in [2.24, 2.45) is 5.92 Å². The van der Waals surface area contributed by atoms with Gasteiger partial charge in [0.05, 0.1) is 29.5 Å². The Morgan fingerprint density at radius 1 is 1.21 bits per heavy atom. The van der Waals surface area contributed by atoms with E-state index in [0.29, 0.717) is 53.2 Å². The topological polar surface area (TPSA) is 84.2 Å². The number of hydrogen-bond acceptors (Lipinski definition) is 8. The van der Waals surface area contributed by atoms with Crippen LogP contribution in [0.25, 0.3) is 11.7 Å². The second-order valence-corrected chi connectivity index (χ2v) is 11.1. The maximum absolute atomic E-state index is 13.8. The summed E-state index contributed by atoms with van der Waals surface area (Å²) in [6.45, 7) is 5.25. The Kier molecular flexibility index (Phi) is 7.81. The lowest BCUT2D eigenvalue weighted by Crippen LogP contribution is -2.39. The van der Waals surface area contributed by atoms with E-state index in [0.717, 1.165) is 22.9 Å². The van der Waals surface area contributed by atoms with Crippen molar-refractivity contribution in [2.45, 2.75) is 33.2 Å². The summed E-state index contributed by atoms with van der Waals surface area (Å²) < 4.78 is 20.4. The van der Waals surface area contributed by atoms with Gasteiger partial charge in [0.15, 0.2) is 0 Å². The number of piperidine rings is 1. The van der Waals surface area contributed by atoms with Crippen LogP contribution in [0.3, 0.4) is 0 Å². The van der Waals surface area contributed by atoms with Crippen LogP contribution in [-0.4, -0.2) is 50.2 Å². The Morgan fingerprint density at radius 3 is 2.62 bits per heavy atom. The second-order valence-electron chi connectivity index (χ2n) is 9.45. The Bertz CT molecular complexity index is 1550. The average molecular weight is 567 g/mol. The maximum Gasteiger partial charge on any atom is 0.309 e. The molecule has 8 nitrogen and oxygen atoms in total. The number of anilines is 1. The number of carbonyl (C=O) groups is 2. The molecule has 5 rings (SSSR count). The Morgan fingerprint density at radius 2 is 1.92 bits per heavy atom. The van der Waals surface area contributed by atoms with Crippen molar-refractivity contribution in [1.82, 2.24) is 14.3 Å². The number of carbonyl (C=O) groups excluding carboxylic acids is 2. The van der Waals surface area contributed by atoms with E-state index < -0.39 is 0 Å². The number of benzene rings is 1. The fourth-order valence-corrected chi connectivity index (χ4v) is 6.03. The first-order chi connectivity index (χ1) is 18.8. The van der Waals surface area contributed by atoms with Crippen LogP contribution < -0.4 is 10.5 Å². The number of esters is 1. The molecule has 0 aliphatic carbocycles. The van der Waals surface area contributed by atoms with Crippen LogP contribution in [0.1, 0.15) is 36.5 Å². The predicted octanol–water partition coefficient (Wildman–Crippen LogP) is 4.32. The zero-order valence-electron chi connectivity index (χ0n) is 21.6. The first-order valence-corrected chi connectivity index (χ1v) is 13.9. The molecule has 3 aromatic rings. The first-order valence-electron chi connectivity index (χ1n) is 12.7. The molecule has 11 heteroatoms. The van der Waals surface area contributed by atoms with Gasteiger partial charge in [-0.1, -0.05) is 42.2 Å². The molecular formula is C28H27FN4O4S2. The highest BCUT2D eigenvalue weighted by Crippen LogP contribution is 2.35. The monoisotopic (exact) mass is 566 g/mol. The summed E-state index contributed by atoms with van der Waals surface area (Å²) in [4.78, 5) is 48.0. The van der Waals surface area contributed by atoms with E-state index in [2.05, 4.69) is 0 Å². The van der Waals surface area contributed by atoms with Crippen molar-refractivity contribution in [2.75, 3.05) is 24.6 Å². The number of rotatable bonds is 6. The van der Waals surface area contributed by atoms with Gasteiger partial charge in [-0.05, 0) is 62.1 Å². The van der Waals surface area contributed by atoms with Gasteiger partial charge in [-0.2, -0.15) is 0 Å². The Hall–Kier alpha value is -3.57. The molecule has 202 valence electrons. The Labute approximate surface area is 234 Å². The molecule has 0 unspecified atom stereocenters. The minimum Gasteiger partial charge on any atom is -0.466 e. The number of pyridine rings is 1. The average Bonchev–Trinajstić information content (AvgIpc) is 3.19. The normalized spacial score (nSPS) is 17.5. The number of amides is 1. The van der Waals surface area contributed by atoms with Crippen molar-refractivity contribution in [3.8, 4) is 0 Å². The van der Waals surface area contributed by atoms with Crippen LogP contribution in [0.4, 0.5) is 10.2 Å². The Balaban J connectivity index is 1.50. The van der Waals surface area contributed by atoms with Crippen molar-refractivity contribution in [3.63, 3.8) is 0 Å². The number of fused-ring (bicyclic) bond motifs is 1. The smallest absolute Gasteiger partial charge is 0.309 e. The van der Waals surface area contributed by atoms with Gasteiger partial charge in [0, 0.05) is 19.3 Å². The van der Waals surface area contributed by atoms with Gasteiger partial charge in [0.25, 0.3) is 11.5 Å². The molecule has 0 N–H and O–H groups in total. The third-order valence-corrected chi connectivity index (χ3v) is 8.26. The number of nitrogens with zero attached hydrogens (tertiary/aromatic N) is 4. The lowest BCUT2D eigenvalue weighted by molar-refractivity contribution is -0.148. The molecule has 2 aliphatic heterocycles. The molecule has 39 heavy (non-hydrogen) atoms. The molecule has 0 spiro atoms. The predicted molar refractivity (Wildman–Crippen MR) is 153 cm³/mol. The number of thioether (sulfide) groups is 1. The molecule has 2 fully saturated rings. The lowest BCUT2D eigenvalue weighted by Gasteiger charge is -2.32. The minimum absolute atomic E-state index is 0.198. The van der Waals surface area contributed by atoms with E-state index in [9.17, 15) is 18.8 Å². The van der Waals surface area contributed by atoms with Crippen LogP contribution in [0.5, 0.6) is 0 Å². The van der Waals surface area contributed by atoms with Crippen LogP contribution >= 0.6 is 24.0 Å². The highest BCUT2D eigenvalue weighted by molar-refractivity contribution is 8.26. The molecule has 0 radical (unpaired) electrons. The molecule has 0 saturated carbocycles. The van der Waals surface area contributed by atoms with Crippen molar-refractivity contribution >= 4 is 57.7 Å². The number of aryl methyl sites for hydroxylation is 1. The summed E-state index contributed by atoms with van der Waals surface area (Å²) in [5.74, 6) is -0.613. The van der Waals surface area contributed by atoms with Crippen molar-refractivity contribution in [3.05, 3.63) is 80.4 Å². The van der Waals surface area contributed by atoms with Gasteiger partial charge >= 0.3 is 5.97 Å². The van der Waals surface area contributed by atoms with E-state index in [4.69, 9.17) is 21.9 Å². The van der Waals surface area contributed by atoms with Gasteiger partial charge in [0.2, 0.25) is 0 Å². The summed E-state index contributed by atoms with van der Waals surface area (Å²) >= 11 is 6.60. The molecule has 1 aromatic carbocycles.